The molecule has 7 heteroatoms. The second-order valence-corrected chi connectivity index (χ2v) is 10.2. The van der Waals surface area contributed by atoms with Gasteiger partial charge >= 0.3 is 0 Å². The molecule has 2 fully saturated rings. The van der Waals surface area contributed by atoms with Gasteiger partial charge in [0.25, 0.3) is 0 Å². The SMILES string of the molecule is COc1cc(C(=O)CC2CCC(CCN3CCC(c4noc5cc(F)ccc45)CC3)CC2)ccn1. The summed E-state index contributed by atoms with van der Waals surface area (Å²) in [4.78, 5) is 19.3. The third-order valence-corrected chi connectivity index (χ3v) is 8.00. The summed E-state index contributed by atoms with van der Waals surface area (Å²) < 4.78 is 24.0. The summed E-state index contributed by atoms with van der Waals surface area (Å²) in [6.45, 7) is 3.28. The molecule has 3 heterocycles. The summed E-state index contributed by atoms with van der Waals surface area (Å²) in [5.41, 5.74) is 2.23. The first kappa shape index (κ1) is 23.9. The maximum atomic E-state index is 13.4. The molecule has 1 aromatic carbocycles. The zero-order valence-corrected chi connectivity index (χ0v) is 20.4. The van der Waals surface area contributed by atoms with Crippen LogP contribution in [0.2, 0.25) is 0 Å². The molecule has 0 bridgehead atoms. The molecule has 0 N–H and O–H groups in total. The third kappa shape index (κ3) is 5.72. The van der Waals surface area contributed by atoms with Gasteiger partial charge in [0.1, 0.15) is 5.82 Å². The van der Waals surface area contributed by atoms with Gasteiger partial charge in [0, 0.05) is 41.6 Å². The van der Waals surface area contributed by atoms with E-state index in [2.05, 4.69) is 15.0 Å². The summed E-state index contributed by atoms with van der Waals surface area (Å²) in [6.07, 6.45) is 10.3. The van der Waals surface area contributed by atoms with E-state index >= 15 is 0 Å². The second kappa shape index (κ2) is 10.9. The maximum Gasteiger partial charge on any atom is 0.213 e. The van der Waals surface area contributed by atoms with E-state index in [1.54, 1.807) is 31.5 Å². The zero-order valence-electron chi connectivity index (χ0n) is 20.4. The van der Waals surface area contributed by atoms with E-state index in [9.17, 15) is 9.18 Å². The minimum absolute atomic E-state index is 0.196. The van der Waals surface area contributed by atoms with Crippen LogP contribution in [0.15, 0.2) is 41.1 Å². The molecule has 6 nitrogen and oxygen atoms in total. The Bertz CT molecular complexity index is 1150. The molecule has 186 valence electrons. The van der Waals surface area contributed by atoms with Crippen molar-refractivity contribution in [1.29, 1.82) is 0 Å². The van der Waals surface area contributed by atoms with Gasteiger partial charge in [0.2, 0.25) is 5.88 Å². The number of hydrogen-bond acceptors (Lipinski definition) is 6. The summed E-state index contributed by atoms with van der Waals surface area (Å²) in [5, 5.41) is 5.21. The summed E-state index contributed by atoms with van der Waals surface area (Å²) >= 11 is 0. The normalized spacial score (nSPS) is 21.9. The number of benzene rings is 1. The van der Waals surface area contributed by atoms with E-state index in [1.165, 1.54) is 31.4 Å². The lowest BCUT2D eigenvalue weighted by Crippen LogP contribution is -2.35. The number of fused-ring (bicyclic) bond motifs is 1. The largest absolute Gasteiger partial charge is 0.481 e. The van der Waals surface area contributed by atoms with Crippen molar-refractivity contribution in [3.05, 3.63) is 53.6 Å². The molecular weight excluding hydrogens is 445 g/mol. The van der Waals surface area contributed by atoms with E-state index in [0.29, 0.717) is 35.3 Å². The Morgan fingerprint density at radius 1 is 1.09 bits per heavy atom. The quantitative estimate of drug-likeness (QED) is 0.368. The van der Waals surface area contributed by atoms with Crippen LogP contribution in [0.1, 0.15) is 73.3 Å². The van der Waals surface area contributed by atoms with Crippen LogP contribution in [0.5, 0.6) is 5.88 Å². The summed E-state index contributed by atoms with van der Waals surface area (Å²) in [5.74, 6) is 2.03. The third-order valence-electron chi connectivity index (χ3n) is 8.00. The molecule has 1 aliphatic carbocycles. The number of carbonyl (C=O) groups is 1. The molecule has 0 unspecified atom stereocenters. The van der Waals surface area contributed by atoms with Gasteiger partial charge in [-0.3, -0.25) is 4.79 Å². The lowest BCUT2D eigenvalue weighted by Gasteiger charge is -2.34. The highest BCUT2D eigenvalue weighted by atomic mass is 19.1. The number of pyridine rings is 1. The van der Waals surface area contributed by atoms with Crippen molar-refractivity contribution in [2.24, 2.45) is 11.8 Å². The Morgan fingerprint density at radius 2 is 1.86 bits per heavy atom. The van der Waals surface area contributed by atoms with Crippen LogP contribution in [0.4, 0.5) is 4.39 Å². The van der Waals surface area contributed by atoms with Gasteiger partial charge in [-0.2, -0.15) is 0 Å². The standard InChI is InChI=1S/C28H34FN3O3/c1-34-27-17-22(8-12-30-27)25(33)16-20-4-2-19(3-5-20)9-13-32-14-10-21(11-15-32)28-24-7-6-23(29)18-26(24)35-31-28/h6-8,12,17-21H,2-5,9-11,13-16H2,1H3. The number of hydrogen-bond donors (Lipinski definition) is 0. The minimum Gasteiger partial charge on any atom is -0.481 e. The molecule has 0 atom stereocenters. The summed E-state index contributed by atoms with van der Waals surface area (Å²) in [6, 6.07) is 8.22. The molecule has 1 aliphatic heterocycles. The Labute approximate surface area is 205 Å². The first-order valence-corrected chi connectivity index (χ1v) is 12.9. The molecule has 0 amide bonds. The Balaban J connectivity index is 1.03. The molecule has 2 aliphatic rings. The highest BCUT2D eigenvalue weighted by Gasteiger charge is 2.27. The van der Waals surface area contributed by atoms with Crippen LogP contribution >= 0.6 is 0 Å². The van der Waals surface area contributed by atoms with Crippen molar-refractivity contribution >= 4 is 16.8 Å². The van der Waals surface area contributed by atoms with Gasteiger partial charge in [-0.25, -0.2) is 9.37 Å². The highest BCUT2D eigenvalue weighted by molar-refractivity contribution is 5.96. The fourth-order valence-corrected chi connectivity index (χ4v) is 5.82. The number of methoxy groups -OCH3 is 1. The first-order valence-electron chi connectivity index (χ1n) is 12.9. The van der Waals surface area contributed by atoms with Crippen molar-refractivity contribution in [1.82, 2.24) is 15.0 Å². The Morgan fingerprint density at radius 3 is 2.63 bits per heavy atom. The van der Waals surface area contributed by atoms with E-state index in [1.807, 2.05) is 0 Å². The Kier molecular flexibility index (Phi) is 7.42. The van der Waals surface area contributed by atoms with E-state index in [-0.39, 0.29) is 11.6 Å². The molecular formula is C28H34FN3O3. The van der Waals surface area contributed by atoms with Crippen LogP contribution in [0.25, 0.3) is 11.0 Å². The van der Waals surface area contributed by atoms with E-state index in [4.69, 9.17) is 9.26 Å². The van der Waals surface area contributed by atoms with Crippen LogP contribution in [-0.4, -0.2) is 47.6 Å². The molecule has 35 heavy (non-hydrogen) atoms. The number of piperidine rings is 1. The molecule has 5 rings (SSSR count). The molecule has 0 spiro atoms. The van der Waals surface area contributed by atoms with Crippen LogP contribution in [-0.2, 0) is 0 Å². The monoisotopic (exact) mass is 479 g/mol. The van der Waals surface area contributed by atoms with Gasteiger partial charge < -0.3 is 14.2 Å². The molecule has 2 aromatic heterocycles. The number of likely N-dealkylation sites (tertiary alicyclic amines) is 1. The van der Waals surface area contributed by atoms with Gasteiger partial charge in [-0.1, -0.05) is 18.0 Å². The van der Waals surface area contributed by atoms with Crippen molar-refractivity contribution in [2.45, 2.75) is 57.3 Å². The topological polar surface area (TPSA) is 68.5 Å². The minimum atomic E-state index is -0.287. The molecule has 0 radical (unpaired) electrons. The number of ether oxygens (including phenoxy) is 1. The van der Waals surface area contributed by atoms with Crippen molar-refractivity contribution in [3.8, 4) is 5.88 Å². The number of aromatic nitrogens is 2. The number of nitrogens with zero attached hydrogens (tertiary/aromatic N) is 3. The first-order chi connectivity index (χ1) is 17.1. The number of Topliss-reactive ketones (excluding diaryl/α,β-unsaturated/α-hetero) is 1. The van der Waals surface area contributed by atoms with Crippen LogP contribution in [0.3, 0.4) is 0 Å². The van der Waals surface area contributed by atoms with Crippen molar-refractivity contribution in [2.75, 3.05) is 26.7 Å². The van der Waals surface area contributed by atoms with Gasteiger partial charge in [-0.05, 0) is 81.8 Å². The molecule has 1 saturated carbocycles. The van der Waals surface area contributed by atoms with Gasteiger partial charge in [-0.15, -0.1) is 0 Å². The average molecular weight is 480 g/mol. The zero-order chi connectivity index (χ0) is 24.2. The predicted octanol–water partition coefficient (Wildman–Crippen LogP) is 6.02. The van der Waals surface area contributed by atoms with Gasteiger partial charge in [0.15, 0.2) is 11.4 Å². The van der Waals surface area contributed by atoms with Crippen LogP contribution < -0.4 is 4.74 Å². The van der Waals surface area contributed by atoms with Crippen LogP contribution in [0, 0.1) is 17.7 Å². The highest BCUT2D eigenvalue weighted by Crippen LogP contribution is 2.35. The smallest absolute Gasteiger partial charge is 0.213 e. The van der Waals surface area contributed by atoms with E-state index in [0.717, 1.165) is 62.3 Å². The Hall–Kier alpha value is -2.80. The number of rotatable bonds is 8. The lowest BCUT2D eigenvalue weighted by molar-refractivity contribution is 0.0938. The second-order valence-electron chi connectivity index (χ2n) is 10.2. The fraction of sp³-hybridized carbons (Fsp3) is 0.536. The van der Waals surface area contributed by atoms with Crippen molar-refractivity contribution in [3.63, 3.8) is 0 Å². The molecule has 3 aromatic rings. The number of halogens is 1. The number of carbonyl (C=O) groups excluding carboxylic acids is 1. The maximum absolute atomic E-state index is 13.4. The summed E-state index contributed by atoms with van der Waals surface area (Å²) in [7, 11) is 1.57. The number of ketones is 1. The van der Waals surface area contributed by atoms with E-state index < -0.39 is 0 Å². The predicted molar refractivity (Wildman–Crippen MR) is 132 cm³/mol. The fourth-order valence-electron chi connectivity index (χ4n) is 5.82. The lowest BCUT2D eigenvalue weighted by atomic mass is 9.78. The van der Waals surface area contributed by atoms with Gasteiger partial charge in [0.05, 0.1) is 12.8 Å². The average Bonchev–Trinajstić information content (AvgIpc) is 3.31. The van der Waals surface area contributed by atoms with Crippen molar-refractivity contribution < 1.29 is 18.4 Å². The molecule has 1 saturated heterocycles.